The van der Waals surface area contributed by atoms with E-state index in [0.29, 0.717) is 5.92 Å². The Kier molecular flexibility index (Phi) is 3.55. The molecule has 0 aliphatic heterocycles. The molecule has 1 fully saturated rings. The molecule has 2 aromatic carbocycles. The lowest BCUT2D eigenvalue weighted by atomic mass is 10.1. The Hall–Kier alpha value is -2.09. The van der Waals surface area contributed by atoms with Gasteiger partial charge in [0, 0.05) is 11.6 Å². The van der Waals surface area contributed by atoms with E-state index in [1.807, 2.05) is 30.3 Å². The standard InChI is InChI=1S/C18H19NO/c1-2-13-8-10-15(11-9-13)19-18(20)17-12-16(17)14-6-4-3-5-7-14/h3-11,16-17H,2,12H2,1H3,(H,19,20). The van der Waals surface area contributed by atoms with Gasteiger partial charge in [0.15, 0.2) is 0 Å². The molecule has 2 unspecified atom stereocenters. The molecule has 1 saturated carbocycles. The maximum absolute atomic E-state index is 12.2. The number of nitrogens with one attached hydrogen (secondary N) is 1. The molecule has 0 saturated heterocycles. The Morgan fingerprint density at radius 1 is 1.10 bits per heavy atom. The summed E-state index contributed by atoms with van der Waals surface area (Å²) < 4.78 is 0. The minimum Gasteiger partial charge on any atom is -0.326 e. The van der Waals surface area contributed by atoms with E-state index in [0.717, 1.165) is 18.5 Å². The number of carbonyl (C=O) groups excluding carboxylic acids is 1. The molecule has 102 valence electrons. The van der Waals surface area contributed by atoms with Gasteiger partial charge in [-0.25, -0.2) is 0 Å². The van der Waals surface area contributed by atoms with Gasteiger partial charge in [0.05, 0.1) is 0 Å². The van der Waals surface area contributed by atoms with Crippen LogP contribution in [0.3, 0.4) is 0 Å². The van der Waals surface area contributed by atoms with E-state index in [1.165, 1.54) is 11.1 Å². The van der Waals surface area contributed by atoms with Gasteiger partial charge in [0.25, 0.3) is 0 Å². The summed E-state index contributed by atoms with van der Waals surface area (Å²) in [6.07, 6.45) is 1.98. The minimum atomic E-state index is 0.128. The molecule has 1 aliphatic carbocycles. The summed E-state index contributed by atoms with van der Waals surface area (Å²) in [7, 11) is 0. The number of amides is 1. The van der Waals surface area contributed by atoms with Gasteiger partial charge in [-0.3, -0.25) is 4.79 Å². The average molecular weight is 265 g/mol. The topological polar surface area (TPSA) is 29.1 Å². The molecule has 2 heteroatoms. The third-order valence-corrected chi connectivity index (χ3v) is 3.98. The lowest BCUT2D eigenvalue weighted by molar-refractivity contribution is -0.117. The lowest BCUT2D eigenvalue weighted by Gasteiger charge is -2.06. The van der Waals surface area contributed by atoms with E-state index in [2.05, 4.69) is 36.5 Å². The van der Waals surface area contributed by atoms with Crippen LogP contribution in [0.4, 0.5) is 5.69 Å². The van der Waals surface area contributed by atoms with Gasteiger partial charge in [0.2, 0.25) is 5.91 Å². The predicted octanol–water partition coefficient (Wildman–Crippen LogP) is 3.99. The van der Waals surface area contributed by atoms with Gasteiger partial charge in [-0.2, -0.15) is 0 Å². The summed E-state index contributed by atoms with van der Waals surface area (Å²) in [5.74, 6) is 0.664. The fraction of sp³-hybridized carbons (Fsp3) is 0.278. The highest BCUT2D eigenvalue weighted by atomic mass is 16.2. The first-order valence-electron chi connectivity index (χ1n) is 7.22. The van der Waals surface area contributed by atoms with E-state index in [-0.39, 0.29) is 11.8 Å². The smallest absolute Gasteiger partial charge is 0.228 e. The zero-order valence-electron chi connectivity index (χ0n) is 11.7. The van der Waals surface area contributed by atoms with Crippen molar-refractivity contribution in [2.24, 2.45) is 5.92 Å². The molecule has 1 amide bonds. The zero-order chi connectivity index (χ0) is 13.9. The van der Waals surface area contributed by atoms with Crippen molar-refractivity contribution in [3.63, 3.8) is 0 Å². The first kappa shape index (κ1) is 12.9. The number of carbonyl (C=O) groups is 1. The molecule has 0 spiro atoms. The maximum Gasteiger partial charge on any atom is 0.228 e. The molecular weight excluding hydrogens is 246 g/mol. The normalized spacial score (nSPS) is 20.4. The summed E-state index contributed by atoms with van der Waals surface area (Å²) in [6, 6.07) is 18.4. The van der Waals surface area contributed by atoms with Crippen molar-refractivity contribution < 1.29 is 4.79 Å². The summed E-state index contributed by atoms with van der Waals surface area (Å²) in [5, 5.41) is 3.02. The highest BCUT2D eigenvalue weighted by Gasteiger charge is 2.43. The third kappa shape index (κ3) is 2.74. The molecule has 2 atom stereocenters. The number of aryl methyl sites for hydroxylation is 1. The van der Waals surface area contributed by atoms with Gasteiger partial charge in [-0.15, -0.1) is 0 Å². The quantitative estimate of drug-likeness (QED) is 0.889. The van der Waals surface area contributed by atoms with Crippen molar-refractivity contribution >= 4 is 11.6 Å². The second-order valence-electron chi connectivity index (χ2n) is 5.40. The minimum absolute atomic E-state index is 0.128. The molecule has 20 heavy (non-hydrogen) atoms. The monoisotopic (exact) mass is 265 g/mol. The second kappa shape index (κ2) is 5.49. The second-order valence-corrected chi connectivity index (χ2v) is 5.40. The summed E-state index contributed by atoms with van der Waals surface area (Å²) in [5.41, 5.74) is 3.46. The number of benzene rings is 2. The Balaban J connectivity index is 1.61. The Morgan fingerprint density at radius 3 is 2.45 bits per heavy atom. The third-order valence-electron chi connectivity index (χ3n) is 3.98. The van der Waals surface area contributed by atoms with Crippen molar-refractivity contribution in [3.05, 3.63) is 65.7 Å². The lowest BCUT2D eigenvalue weighted by Crippen LogP contribution is -2.14. The van der Waals surface area contributed by atoms with Crippen LogP contribution in [-0.4, -0.2) is 5.91 Å². The average Bonchev–Trinajstić information content (AvgIpc) is 3.29. The van der Waals surface area contributed by atoms with Crippen LogP contribution in [-0.2, 0) is 11.2 Å². The Morgan fingerprint density at radius 2 is 1.80 bits per heavy atom. The zero-order valence-corrected chi connectivity index (χ0v) is 11.7. The number of hydrogen-bond acceptors (Lipinski definition) is 1. The van der Waals surface area contributed by atoms with Crippen LogP contribution in [0.25, 0.3) is 0 Å². The van der Waals surface area contributed by atoms with E-state index >= 15 is 0 Å². The molecule has 0 radical (unpaired) electrons. The predicted molar refractivity (Wildman–Crippen MR) is 81.7 cm³/mol. The summed E-state index contributed by atoms with van der Waals surface area (Å²) in [4.78, 5) is 12.2. The van der Waals surface area contributed by atoms with Crippen LogP contribution in [0.2, 0.25) is 0 Å². The Labute approximate surface area is 119 Å². The number of anilines is 1. The van der Waals surface area contributed by atoms with Crippen molar-refractivity contribution in [2.75, 3.05) is 5.32 Å². The van der Waals surface area contributed by atoms with Gasteiger partial charge in [-0.1, -0.05) is 49.4 Å². The molecule has 2 nitrogen and oxygen atoms in total. The molecule has 3 rings (SSSR count). The van der Waals surface area contributed by atoms with Crippen LogP contribution >= 0.6 is 0 Å². The van der Waals surface area contributed by atoms with Crippen molar-refractivity contribution in [2.45, 2.75) is 25.7 Å². The van der Waals surface area contributed by atoms with E-state index in [1.54, 1.807) is 0 Å². The van der Waals surface area contributed by atoms with Crippen LogP contribution < -0.4 is 5.32 Å². The number of rotatable bonds is 4. The fourth-order valence-electron chi connectivity index (χ4n) is 2.61. The maximum atomic E-state index is 12.2. The van der Waals surface area contributed by atoms with Gasteiger partial charge in [-0.05, 0) is 42.0 Å². The molecule has 0 heterocycles. The van der Waals surface area contributed by atoms with Gasteiger partial charge >= 0.3 is 0 Å². The fourth-order valence-corrected chi connectivity index (χ4v) is 2.61. The van der Waals surface area contributed by atoms with E-state index in [9.17, 15) is 4.79 Å². The molecule has 2 aromatic rings. The van der Waals surface area contributed by atoms with Crippen LogP contribution in [0, 0.1) is 5.92 Å². The first-order valence-corrected chi connectivity index (χ1v) is 7.22. The largest absolute Gasteiger partial charge is 0.326 e. The van der Waals surface area contributed by atoms with Crippen molar-refractivity contribution in [1.29, 1.82) is 0 Å². The molecular formula is C18H19NO. The van der Waals surface area contributed by atoms with Crippen molar-refractivity contribution in [3.8, 4) is 0 Å². The number of hydrogen-bond donors (Lipinski definition) is 1. The Bertz CT molecular complexity index is 589. The van der Waals surface area contributed by atoms with Crippen LogP contribution in [0.15, 0.2) is 54.6 Å². The van der Waals surface area contributed by atoms with E-state index < -0.39 is 0 Å². The SMILES string of the molecule is CCc1ccc(NC(=O)C2CC2c2ccccc2)cc1. The van der Waals surface area contributed by atoms with Crippen molar-refractivity contribution in [1.82, 2.24) is 0 Å². The highest BCUT2D eigenvalue weighted by molar-refractivity contribution is 5.95. The molecule has 0 bridgehead atoms. The first-order chi connectivity index (χ1) is 9.78. The molecule has 1 aliphatic rings. The summed E-state index contributed by atoms with van der Waals surface area (Å²) in [6.45, 7) is 2.13. The van der Waals surface area contributed by atoms with E-state index in [4.69, 9.17) is 0 Å². The van der Waals surface area contributed by atoms with Crippen LogP contribution in [0.5, 0.6) is 0 Å². The van der Waals surface area contributed by atoms with Crippen LogP contribution in [0.1, 0.15) is 30.4 Å². The van der Waals surface area contributed by atoms with Gasteiger partial charge in [0.1, 0.15) is 0 Å². The van der Waals surface area contributed by atoms with Gasteiger partial charge < -0.3 is 5.32 Å². The summed E-state index contributed by atoms with van der Waals surface area (Å²) >= 11 is 0. The molecule has 0 aromatic heterocycles. The molecule has 1 N–H and O–H groups in total. The highest BCUT2D eigenvalue weighted by Crippen LogP contribution is 2.47.